The normalized spacial score (nSPS) is 10.8. The molecule has 0 aliphatic rings. The van der Waals surface area contributed by atoms with Crippen molar-refractivity contribution < 1.29 is 13.6 Å². The van der Waals surface area contributed by atoms with Crippen molar-refractivity contribution in [2.24, 2.45) is 4.99 Å². The third-order valence-electron chi connectivity index (χ3n) is 3.31. The predicted octanol–water partition coefficient (Wildman–Crippen LogP) is 2.45. The summed E-state index contributed by atoms with van der Waals surface area (Å²) in [6.07, 6.45) is 1.77. The first-order valence-corrected chi connectivity index (χ1v) is 8.23. The van der Waals surface area contributed by atoms with Crippen LogP contribution in [0.25, 0.3) is 0 Å². The Balaban J connectivity index is 0.00000338. The van der Waals surface area contributed by atoms with Crippen LogP contribution in [0, 0.1) is 5.82 Å². The monoisotopic (exact) mass is 474 g/mol. The number of aliphatic imine (C=N–C) groups is 1. The van der Waals surface area contributed by atoms with Gasteiger partial charge in [0, 0.05) is 19.6 Å². The number of hydrogen-bond acceptors (Lipinski definition) is 3. The van der Waals surface area contributed by atoms with Crippen LogP contribution < -0.4 is 16.0 Å². The predicted molar refractivity (Wildman–Crippen MR) is 110 cm³/mol. The number of furan rings is 1. The van der Waals surface area contributed by atoms with Gasteiger partial charge in [0.05, 0.1) is 12.7 Å². The molecule has 3 N–H and O–H groups in total. The number of halogens is 2. The molecule has 0 saturated carbocycles. The fourth-order valence-electron chi connectivity index (χ4n) is 2.18. The Labute approximate surface area is 169 Å². The van der Waals surface area contributed by atoms with Crippen molar-refractivity contribution in [1.29, 1.82) is 0 Å². The van der Waals surface area contributed by atoms with Gasteiger partial charge in [0.1, 0.15) is 18.1 Å². The van der Waals surface area contributed by atoms with Gasteiger partial charge in [0.2, 0.25) is 5.91 Å². The highest BCUT2D eigenvalue weighted by atomic mass is 127. The minimum atomic E-state index is -0.338. The van der Waals surface area contributed by atoms with Gasteiger partial charge in [0.25, 0.3) is 0 Å². The zero-order valence-corrected chi connectivity index (χ0v) is 17.0. The zero-order chi connectivity index (χ0) is 17.9. The molecule has 1 heterocycles. The Morgan fingerprint density at radius 3 is 2.65 bits per heavy atom. The molecule has 8 heteroatoms. The molecular formula is C18H24FIN4O2. The first-order valence-electron chi connectivity index (χ1n) is 8.23. The number of amides is 1. The minimum absolute atomic E-state index is 0. The van der Waals surface area contributed by atoms with Crippen molar-refractivity contribution in [3.8, 4) is 0 Å². The van der Waals surface area contributed by atoms with Gasteiger partial charge in [-0.2, -0.15) is 0 Å². The molecule has 0 aliphatic carbocycles. The molecule has 0 spiro atoms. The largest absolute Gasteiger partial charge is 0.467 e. The van der Waals surface area contributed by atoms with Crippen molar-refractivity contribution in [2.45, 2.75) is 19.9 Å². The topological polar surface area (TPSA) is 78.7 Å². The average Bonchev–Trinajstić information content (AvgIpc) is 3.10. The molecule has 0 saturated heterocycles. The quantitative estimate of drug-likeness (QED) is 0.238. The summed E-state index contributed by atoms with van der Waals surface area (Å²) in [5.41, 5.74) is 0.652. The van der Waals surface area contributed by atoms with E-state index in [-0.39, 0.29) is 42.1 Å². The maximum absolute atomic E-state index is 13.1. The highest BCUT2D eigenvalue weighted by Crippen LogP contribution is 2.04. The summed E-state index contributed by atoms with van der Waals surface area (Å²) in [4.78, 5) is 16.3. The number of benzene rings is 1. The summed E-state index contributed by atoms with van der Waals surface area (Å²) in [6, 6.07) is 9.72. The van der Waals surface area contributed by atoms with E-state index in [0.29, 0.717) is 31.2 Å². The fraction of sp³-hybridized carbons (Fsp3) is 0.333. The summed E-state index contributed by atoms with van der Waals surface area (Å²) in [6.45, 7) is 4.12. The van der Waals surface area contributed by atoms with Crippen molar-refractivity contribution in [1.82, 2.24) is 16.0 Å². The number of carbonyl (C=O) groups excluding carboxylic acids is 1. The molecule has 6 nitrogen and oxygen atoms in total. The summed E-state index contributed by atoms with van der Waals surface area (Å²) in [5, 5.41) is 9.05. The third kappa shape index (κ3) is 8.32. The second-order valence-electron chi connectivity index (χ2n) is 5.36. The standard InChI is InChI=1S/C18H23FN4O2.HI/c1-2-20-18(23-13-16-7-4-10-25-16)22-9-8-21-17(24)12-14-5-3-6-15(19)11-14;/h3-7,10-11H,2,8-9,12-13H2,1H3,(H,21,24)(H2,20,22,23);1H. The van der Waals surface area contributed by atoms with Crippen molar-refractivity contribution in [3.05, 3.63) is 59.8 Å². The van der Waals surface area contributed by atoms with E-state index in [0.717, 1.165) is 12.3 Å². The van der Waals surface area contributed by atoms with E-state index in [2.05, 4.69) is 20.9 Å². The smallest absolute Gasteiger partial charge is 0.224 e. The van der Waals surface area contributed by atoms with Gasteiger partial charge < -0.3 is 20.4 Å². The first kappa shape index (κ1) is 21.9. The lowest BCUT2D eigenvalue weighted by Crippen LogP contribution is -2.41. The van der Waals surface area contributed by atoms with E-state index in [1.54, 1.807) is 18.4 Å². The van der Waals surface area contributed by atoms with Crippen molar-refractivity contribution >= 4 is 35.8 Å². The van der Waals surface area contributed by atoms with Crippen LogP contribution in [-0.2, 0) is 17.8 Å². The van der Waals surface area contributed by atoms with E-state index in [1.165, 1.54) is 12.1 Å². The molecule has 1 amide bonds. The second-order valence-corrected chi connectivity index (χ2v) is 5.36. The van der Waals surface area contributed by atoms with E-state index < -0.39 is 0 Å². The minimum Gasteiger partial charge on any atom is -0.467 e. The molecular weight excluding hydrogens is 450 g/mol. The van der Waals surface area contributed by atoms with Crippen LogP contribution in [0.3, 0.4) is 0 Å². The Kier molecular flexibility index (Phi) is 10.4. The van der Waals surface area contributed by atoms with Gasteiger partial charge in [0.15, 0.2) is 5.96 Å². The molecule has 0 atom stereocenters. The fourth-order valence-corrected chi connectivity index (χ4v) is 2.18. The average molecular weight is 474 g/mol. The number of nitrogens with one attached hydrogen (secondary N) is 3. The summed E-state index contributed by atoms with van der Waals surface area (Å²) in [5.74, 6) is 0.943. The molecule has 0 fully saturated rings. The molecule has 0 unspecified atom stereocenters. The van der Waals surface area contributed by atoms with Crippen LogP contribution in [0.4, 0.5) is 4.39 Å². The van der Waals surface area contributed by atoms with Crippen LogP contribution in [0.1, 0.15) is 18.2 Å². The lowest BCUT2D eigenvalue weighted by atomic mass is 10.1. The molecule has 0 bridgehead atoms. The number of nitrogens with zero attached hydrogens (tertiary/aromatic N) is 1. The van der Waals surface area contributed by atoms with Gasteiger partial charge in [-0.15, -0.1) is 24.0 Å². The highest BCUT2D eigenvalue weighted by molar-refractivity contribution is 14.0. The summed E-state index contributed by atoms with van der Waals surface area (Å²) >= 11 is 0. The van der Waals surface area contributed by atoms with Crippen molar-refractivity contribution in [2.75, 3.05) is 19.6 Å². The highest BCUT2D eigenvalue weighted by Gasteiger charge is 2.04. The lowest BCUT2D eigenvalue weighted by Gasteiger charge is -2.11. The summed E-state index contributed by atoms with van der Waals surface area (Å²) < 4.78 is 18.3. The van der Waals surface area contributed by atoms with Gasteiger partial charge in [-0.05, 0) is 36.8 Å². The van der Waals surface area contributed by atoms with Gasteiger partial charge >= 0.3 is 0 Å². The Morgan fingerprint density at radius 2 is 1.96 bits per heavy atom. The number of hydrogen-bond donors (Lipinski definition) is 3. The lowest BCUT2D eigenvalue weighted by molar-refractivity contribution is -0.120. The zero-order valence-electron chi connectivity index (χ0n) is 14.6. The van der Waals surface area contributed by atoms with Gasteiger partial charge in [-0.25, -0.2) is 9.38 Å². The van der Waals surface area contributed by atoms with Crippen LogP contribution >= 0.6 is 24.0 Å². The Hall–Kier alpha value is -2.10. The number of carbonyl (C=O) groups is 1. The maximum Gasteiger partial charge on any atom is 0.224 e. The molecule has 0 radical (unpaired) electrons. The van der Waals surface area contributed by atoms with Gasteiger partial charge in [-0.1, -0.05) is 12.1 Å². The summed E-state index contributed by atoms with van der Waals surface area (Å²) in [7, 11) is 0. The molecule has 1 aromatic carbocycles. The second kappa shape index (κ2) is 12.3. The first-order chi connectivity index (χ1) is 12.2. The molecule has 26 heavy (non-hydrogen) atoms. The van der Waals surface area contributed by atoms with E-state index in [4.69, 9.17) is 4.42 Å². The van der Waals surface area contributed by atoms with Crippen LogP contribution in [0.5, 0.6) is 0 Å². The van der Waals surface area contributed by atoms with E-state index in [9.17, 15) is 9.18 Å². The third-order valence-corrected chi connectivity index (χ3v) is 3.31. The molecule has 142 valence electrons. The van der Waals surface area contributed by atoms with E-state index >= 15 is 0 Å². The molecule has 2 rings (SSSR count). The Bertz CT molecular complexity index is 692. The van der Waals surface area contributed by atoms with Crippen LogP contribution in [-0.4, -0.2) is 31.5 Å². The van der Waals surface area contributed by atoms with Crippen LogP contribution in [0.15, 0.2) is 52.1 Å². The van der Waals surface area contributed by atoms with Gasteiger partial charge in [-0.3, -0.25) is 4.79 Å². The van der Waals surface area contributed by atoms with Crippen LogP contribution in [0.2, 0.25) is 0 Å². The molecule has 2 aromatic rings. The number of rotatable bonds is 8. The van der Waals surface area contributed by atoms with Crippen molar-refractivity contribution in [3.63, 3.8) is 0 Å². The SMILES string of the molecule is CCNC(=NCc1ccco1)NCCNC(=O)Cc1cccc(F)c1.I. The Morgan fingerprint density at radius 1 is 1.15 bits per heavy atom. The number of guanidine groups is 1. The maximum atomic E-state index is 13.1. The molecule has 0 aliphatic heterocycles. The van der Waals surface area contributed by atoms with E-state index in [1.807, 2.05) is 19.1 Å². The molecule has 1 aromatic heterocycles.